The van der Waals surface area contributed by atoms with Crippen LogP contribution in [0, 0.1) is 0 Å². The molecule has 1 aromatic carbocycles. The first kappa shape index (κ1) is 14.7. The lowest BCUT2D eigenvalue weighted by Crippen LogP contribution is -2.38. The summed E-state index contributed by atoms with van der Waals surface area (Å²) in [4.78, 5) is 20.2. The van der Waals surface area contributed by atoms with Gasteiger partial charge in [-0.05, 0) is 41.8 Å². The number of hydrogen-bond donors (Lipinski definition) is 0. The van der Waals surface area contributed by atoms with Crippen molar-refractivity contribution in [2.45, 2.75) is 4.90 Å². The van der Waals surface area contributed by atoms with Crippen molar-refractivity contribution in [3.8, 4) is 0 Å². The predicted molar refractivity (Wildman–Crippen MR) is 88.6 cm³/mol. The molecule has 4 nitrogen and oxygen atoms in total. The number of ether oxygens (including phenoxy) is 1. The van der Waals surface area contributed by atoms with Gasteiger partial charge in [0.2, 0.25) is 0 Å². The van der Waals surface area contributed by atoms with Gasteiger partial charge in [-0.2, -0.15) is 4.99 Å². The van der Waals surface area contributed by atoms with E-state index in [1.165, 1.54) is 16.7 Å². The Morgan fingerprint density at radius 1 is 1.29 bits per heavy atom. The summed E-state index contributed by atoms with van der Waals surface area (Å²) < 4.78 is 5.32. The second-order valence-electron chi connectivity index (χ2n) is 4.68. The van der Waals surface area contributed by atoms with Crippen LogP contribution in [-0.2, 0) is 9.53 Å². The molecule has 21 heavy (non-hydrogen) atoms. The molecule has 110 valence electrons. The molecule has 0 aliphatic carbocycles. The third-order valence-corrected chi connectivity index (χ3v) is 5.09. The van der Waals surface area contributed by atoms with Crippen LogP contribution in [-0.4, -0.2) is 48.5 Å². The van der Waals surface area contributed by atoms with Crippen molar-refractivity contribution in [1.29, 1.82) is 0 Å². The number of thioether (sulfide) groups is 2. The summed E-state index contributed by atoms with van der Waals surface area (Å²) in [6, 6.07) is 8.18. The van der Waals surface area contributed by atoms with E-state index in [9.17, 15) is 4.79 Å². The summed E-state index contributed by atoms with van der Waals surface area (Å²) >= 11 is 3.16. The Morgan fingerprint density at radius 3 is 2.67 bits per heavy atom. The van der Waals surface area contributed by atoms with Crippen molar-refractivity contribution in [3.05, 3.63) is 34.7 Å². The highest BCUT2D eigenvalue weighted by atomic mass is 32.2. The maximum Gasteiger partial charge on any atom is 0.286 e. The fourth-order valence-electron chi connectivity index (χ4n) is 2.14. The maximum atomic E-state index is 12.0. The number of carbonyl (C=O) groups is 1. The highest BCUT2D eigenvalue weighted by Crippen LogP contribution is 2.30. The van der Waals surface area contributed by atoms with Crippen molar-refractivity contribution in [3.63, 3.8) is 0 Å². The normalized spacial score (nSPS) is 21.0. The smallest absolute Gasteiger partial charge is 0.286 e. The largest absolute Gasteiger partial charge is 0.378 e. The van der Waals surface area contributed by atoms with Crippen LogP contribution in [0.2, 0.25) is 0 Å². The minimum Gasteiger partial charge on any atom is -0.378 e. The fourth-order valence-corrected chi connectivity index (χ4v) is 3.51. The fraction of sp³-hybridized carbons (Fsp3) is 0.333. The Bertz CT molecular complexity index is 590. The predicted octanol–water partition coefficient (Wildman–Crippen LogP) is 2.71. The highest BCUT2D eigenvalue weighted by molar-refractivity contribution is 8.18. The van der Waals surface area contributed by atoms with Crippen molar-refractivity contribution in [2.24, 2.45) is 4.99 Å². The molecule has 3 rings (SSSR count). The number of carbonyl (C=O) groups excluding carboxylic acids is 1. The monoisotopic (exact) mass is 320 g/mol. The van der Waals surface area contributed by atoms with Gasteiger partial charge in [-0.15, -0.1) is 11.8 Å². The molecule has 1 saturated heterocycles. The second-order valence-corrected chi connectivity index (χ2v) is 6.57. The molecule has 0 aromatic heterocycles. The first-order valence-corrected chi connectivity index (χ1v) is 8.80. The molecule has 0 bridgehead atoms. The number of rotatable bonds is 2. The molecular formula is C15H16N2O2S2. The zero-order chi connectivity index (χ0) is 14.7. The maximum absolute atomic E-state index is 12.0. The van der Waals surface area contributed by atoms with Crippen LogP contribution in [0.5, 0.6) is 0 Å². The van der Waals surface area contributed by atoms with E-state index in [2.05, 4.69) is 22.0 Å². The molecule has 1 aromatic rings. The third-order valence-electron chi connectivity index (χ3n) is 3.30. The van der Waals surface area contributed by atoms with Gasteiger partial charge in [-0.25, -0.2) is 0 Å². The Kier molecular flexibility index (Phi) is 4.67. The number of nitrogens with zero attached hydrogens (tertiary/aromatic N) is 2. The molecule has 2 aliphatic rings. The molecular weight excluding hydrogens is 304 g/mol. The highest BCUT2D eigenvalue weighted by Gasteiger charge is 2.26. The lowest BCUT2D eigenvalue weighted by Gasteiger charge is -2.27. The number of benzene rings is 1. The standard InChI is InChI=1S/C15H16N2O2S2/c1-20-12-4-2-11(3-5-12)10-13-14(18)16-15(21-13)17-6-8-19-9-7-17/h2-5,10H,6-9H2,1H3. The van der Waals surface area contributed by atoms with Crippen molar-refractivity contribution < 1.29 is 9.53 Å². The van der Waals surface area contributed by atoms with Gasteiger partial charge in [0.05, 0.1) is 18.1 Å². The number of amidine groups is 1. The van der Waals surface area contributed by atoms with Gasteiger partial charge in [-0.3, -0.25) is 4.79 Å². The molecule has 1 amide bonds. The molecule has 2 heterocycles. The molecule has 2 aliphatic heterocycles. The quantitative estimate of drug-likeness (QED) is 0.619. The van der Waals surface area contributed by atoms with Crippen molar-refractivity contribution in [1.82, 2.24) is 4.90 Å². The summed E-state index contributed by atoms with van der Waals surface area (Å²) in [5, 5.41) is 0.801. The zero-order valence-electron chi connectivity index (χ0n) is 11.7. The van der Waals surface area contributed by atoms with E-state index in [1.807, 2.05) is 24.5 Å². The van der Waals surface area contributed by atoms with Crippen molar-refractivity contribution >= 4 is 40.7 Å². The number of amides is 1. The minimum atomic E-state index is -0.143. The minimum absolute atomic E-state index is 0.143. The van der Waals surface area contributed by atoms with Crippen LogP contribution >= 0.6 is 23.5 Å². The first-order valence-electron chi connectivity index (χ1n) is 6.75. The van der Waals surface area contributed by atoms with E-state index >= 15 is 0 Å². The van der Waals surface area contributed by atoms with Crippen LogP contribution in [0.15, 0.2) is 39.1 Å². The van der Waals surface area contributed by atoms with Gasteiger partial charge in [0.25, 0.3) is 5.91 Å². The van der Waals surface area contributed by atoms with Crippen LogP contribution in [0.25, 0.3) is 6.08 Å². The van der Waals surface area contributed by atoms with Crippen LogP contribution in [0.1, 0.15) is 5.56 Å². The van der Waals surface area contributed by atoms with Gasteiger partial charge in [0.15, 0.2) is 5.17 Å². The Morgan fingerprint density at radius 2 is 2.00 bits per heavy atom. The van der Waals surface area contributed by atoms with Gasteiger partial charge in [0.1, 0.15) is 0 Å². The Balaban J connectivity index is 1.72. The number of hydrogen-bond acceptors (Lipinski definition) is 5. The average Bonchev–Trinajstić information content (AvgIpc) is 2.90. The molecule has 0 N–H and O–H groups in total. The SMILES string of the molecule is CSc1ccc(C=C2SC(N3CCOCC3)=NC2=O)cc1. The molecule has 6 heteroatoms. The van der Waals surface area contributed by atoms with Gasteiger partial charge in [-0.1, -0.05) is 12.1 Å². The summed E-state index contributed by atoms with van der Waals surface area (Å²) in [5.41, 5.74) is 1.03. The van der Waals surface area contributed by atoms with Gasteiger partial charge in [0, 0.05) is 18.0 Å². The van der Waals surface area contributed by atoms with Crippen LogP contribution < -0.4 is 0 Å². The Hall–Kier alpha value is -1.24. The third kappa shape index (κ3) is 3.51. The number of morpholine rings is 1. The van der Waals surface area contributed by atoms with Gasteiger partial charge < -0.3 is 9.64 Å². The molecule has 0 radical (unpaired) electrons. The number of aliphatic imine (C=N–C) groups is 1. The summed E-state index contributed by atoms with van der Waals surface area (Å²) in [6.45, 7) is 3.00. The van der Waals surface area contributed by atoms with E-state index in [4.69, 9.17) is 4.74 Å². The van der Waals surface area contributed by atoms with Crippen LogP contribution in [0.4, 0.5) is 0 Å². The summed E-state index contributed by atoms with van der Waals surface area (Å²) in [5.74, 6) is -0.143. The van der Waals surface area contributed by atoms with Crippen molar-refractivity contribution in [2.75, 3.05) is 32.6 Å². The second kappa shape index (κ2) is 6.68. The van der Waals surface area contributed by atoms with E-state index in [0.29, 0.717) is 18.1 Å². The zero-order valence-corrected chi connectivity index (χ0v) is 13.4. The Labute approximate surface area is 132 Å². The van der Waals surface area contributed by atoms with Gasteiger partial charge >= 0.3 is 0 Å². The molecule has 0 saturated carbocycles. The average molecular weight is 320 g/mol. The van der Waals surface area contributed by atoms with Crippen LogP contribution in [0.3, 0.4) is 0 Å². The van der Waals surface area contributed by atoms with E-state index < -0.39 is 0 Å². The molecule has 0 atom stereocenters. The molecule has 0 spiro atoms. The topological polar surface area (TPSA) is 41.9 Å². The van der Waals surface area contributed by atoms with E-state index in [0.717, 1.165) is 23.8 Å². The summed E-state index contributed by atoms with van der Waals surface area (Å²) in [7, 11) is 0. The first-order chi connectivity index (χ1) is 10.3. The molecule has 1 fully saturated rings. The lowest BCUT2D eigenvalue weighted by atomic mass is 10.2. The van der Waals surface area contributed by atoms with E-state index in [1.54, 1.807) is 11.8 Å². The lowest BCUT2D eigenvalue weighted by molar-refractivity contribution is -0.113. The van der Waals surface area contributed by atoms with E-state index in [-0.39, 0.29) is 5.91 Å². The molecule has 0 unspecified atom stereocenters. The summed E-state index contributed by atoms with van der Waals surface area (Å²) in [6.07, 6.45) is 3.96.